The number of hydrogen-bond donors (Lipinski definition) is 1. The maximum atomic E-state index is 11.5. The molecule has 84 valence electrons. The average molecular weight is 285 g/mol. The Hall–Kier alpha value is -1.62. The molecule has 0 unspecified atom stereocenters. The third-order valence-electron chi connectivity index (χ3n) is 1.77. The standard InChI is InChI=1S/C11H9BrO4/c1-2-5-16-11(15)8-4-3-7(10(13)14)6-9(8)12/h2-4,6H,1,5H2,(H,13,14). The first-order chi connectivity index (χ1) is 7.56. The molecule has 0 aliphatic rings. The van der Waals surface area contributed by atoms with Gasteiger partial charge in [-0.1, -0.05) is 12.7 Å². The molecule has 0 saturated heterocycles. The quantitative estimate of drug-likeness (QED) is 0.682. The molecule has 0 aromatic heterocycles. The minimum Gasteiger partial charge on any atom is -0.478 e. The predicted molar refractivity (Wildman–Crippen MR) is 61.6 cm³/mol. The number of aromatic carboxylic acids is 1. The number of carbonyl (C=O) groups is 2. The predicted octanol–water partition coefficient (Wildman–Crippen LogP) is 2.49. The Kier molecular flexibility index (Phi) is 4.25. The minimum atomic E-state index is -1.05. The highest BCUT2D eigenvalue weighted by atomic mass is 79.9. The summed E-state index contributed by atoms with van der Waals surface area (Å²) in [5.41, 5.74) is 0.388. The van der Waals surface area contributed by atoms with Crippen LogP contribution in [0.4, 0.5) is 0 Å². The van der Waals surface area contributed by atoms with Crippen molar-refractivity contribution in [2.45, 2.75) is 0 Å². The molecule has 1 N–H and O–H groups in total. The Morgan fingerprint density at radius 1 is 1.50 bits per heavy atom. The lowest BCUT2D eigenvalue weighted by Gasteiger charge is -2.04. The number of esters is 1. The van der Waals surface area contributed by atoms with Crippen LogP contribution >= 0.6 is 15.9 Å². The van der Waals surface area contributed by atoms with Crippen molar-refractivity contribution in [3.8, 4) is 0 Å². The van der Waals surface area contributed by atoms with E-state index >= 15 is 0 Å². The van der Waals surface area contributed by atoms with Gasteiger partial charge in [-0.15, -0.1) is 0 Å². The smallest absolute Gasteiger partial charge is 0.339 e. The molecular formula is C11H9BrO4. The molecule has 0 bridgehead atoms. The highest BCUT2D eigenvalue weighted by Crippen LogP contribution is 2.19. The van der Waals surface area contributed by atoms with E-state index in [4.69, 9.17) is 9.84 Å². The van der Waals surface area contributed by atoms with E-state index in [-0.39, 0.29) is 17.7 Å². The normalized spacial score (nSPS) is 9.56. The van der Waals surface area contributed by atoms with Gasteiger partial charge in [0.15, 0.2) is 0 Å². The number of halogens is 1. The van der Waals surface area contributed by atoms with Gasteiger partial charge in [0.05, 0.1) is 11.1 Å². The Morgan fingerprint density at radius 2 is 2.19 bits per heavy atom. The first-order valence-electron chi connectivity index (χ1n) is 4.37. The van der Waals surface area contributed by atoms with Crippen LogP contribution in [0, 0.1) is 0 Å². The summed E-state index contributed by atoms with van der Waals surface area (Å²) in [7, 11) is 0. The molecule has 1 rings (SSSR count). The lowest BCUT2D eigenvalue weighted by Crippen LogP contribution is -2.07. The number of ether oxygens (including phenoxy) is 1. The molecule has 0 aliphatic heterocycles. The first kappa shape index (κ1) is 12.4. The van der Waals surface area contributed by atoms with Gasteiger partial charge in [0.25, 0.3) is 0 Å². The van der Waals surface area contributed by atoms with Gasteiger partial charge < -0.3 is 9.84 Å². The van der Waals surface area contributed by atoms with Gasteiger partial charge in [0.1, 0.15) is 6.61 Å². The molecule has 0 fully saturated rings. The molecule has 5 heteroatoms. The lowest BCUT2D eigenvalue weighted by molar-refractivity contribution is 0.0547. The van der Waals surface area contributed by atoms with Crippen molar-refractivity contribution in [2.75, 3.05) is 6.61 Å². The van der Waals surface area contributed by atoms with Crippen molar-refractivity contribution in [3.63, 3.8) is 0 Å². The highest BCUT2D eigenvalue weighted by molar-refractivity contribution is 9.10. The molecule has 0 radical (unpaired) electrons. The molecular weight excluding hydrogens is 276 g/mol. The van der Waals surface area contributed by atoms with E-state index in [9.17, 15) is 9.59 Å². The van der Waals surface area contributed by atoms with Crippen LogP contribution in [0.25, 0.3) is 0 Å². The maximum absolute atomic E-state index is 11.5. The number of carbonyl (C=O) groups excluding carboxylic acids is 1. The van der Waals surface area contributed by atoms with E-state index < -0.39 is 11.9 Å². The second-order valence-corrected chi connectivity index (χ2v) is 3.74. The summed E-state index contributed by atoms with van der Waals surface area (Å²) in [5.74, 6) is -1.57. The van der Waals surface area contributed by atoms with Crippen molar-refractivity contribution >= 4 is 27.9 Å². The first-order valence-corrected chi connectivity index (χ1v) is 5.16. The van der Waals surface area contributed by atoms with E-state index in [0.29, 0.717) is 4.47 Å². The molecule has 16 heavy (non-hydrogen) atoms. The Bertz CT molecular complexity index is 440. The SMILES string of the molecule is C=CCOC(=O)c1ccc(C(=O)O)cc1Br. The third kappa shape index (κ3) is 2.93. The van der Waals surface area contributed by atoms with Gasteiger partial charge in [0, 0.05) is 4.47 Å². The highest BCUT2D eigenvalue weighted by Gasteiger charge is 2.13. The topological polar surface area (TPSA) is 63.6 Å². The van der Waals surface area contributed by atoms with Crippen LogP contribution in [-0.4, -0.2) is 23.7 Å². The molecule has 0 spiro atoms. The molecule has 1 aromatic carbocycles. The van der Waals surface area contributed by atoms with Crippen molar-refractivity contribution in [1.82, 2.24) is 0 Å². The van der Waals surface area contributed by atoms with Crippen LogP contribution in [0.3, 0.4) is 0 Å². The van der Waals surface area contributed by atoms with Gasteiger partial charge in [-0.3, -0.25) is 0 Å². The van der Waals surface area contributed by atoms with E-state index in [1.165, 1.54) is 24.3 Å². The summed E-state index contributed by atoms with van der Waals surface area (Å²) < 4.78 is 5.21. The van der Waals surface area contributed by atoms with Gasteiger partial charge in [0.2, 0.25) is 0 Å². The number of benzene rings is 1. The Morgan fingerprint density at radius 3 is 2.69 bits per heavy atom. The summed E-state index contributed by atoms with van der Waals surface area (Å²) in [4.78, 5) is 22.1. The van der Waals surface area contributed by atoms with Crippen LogP contribution < -0.4 is 0 Å². The molecule has 0 amide bonds. The fourth-order valence-corrected chi connectivity index (χ4v) is 1.57. The summed E-state index contributed by atoms with van der Waals surface area (Å²) in [5, 5.41) is 8.73. The van der Waals surface area contributed by atoms with Crippen LogP contribution in [0.1, 0.15) is 20.7 Å². The van der Waals surface area contributed by atoms with Crippen molar-refractivity contribution in [3.05, 3.63) is 46.5 Å². The fourth-order valence-electron chi connectivity index (χ4n) is 1.03. The zero-order valence-corrected chi connectivity index (χ0v) is 9.86. The number of carboxylic acid groups (broad SMARTS) is 1. The summed E-state index contributed by atoms with van der Waals surface area (Å²) >= 11 is 3.12. The summed E-state index contributed by atoms with van der Waals surface area (Å²) in [6, 6.07) is 4.10. The van der Waals surface area contributed by atoms with Crippen LogP contribution in [-0.2, 0) is 4.74 Å². The lowest BCUT2D eigenvalue weighted by atomic mass is 10.1. The molecule has 1 aromatic rings. The molecule has 0 aliphatic carbocycles. The van der Waals surface area contributed by atoms with Crippen molar-refractivity contribution in [1.29, 1.82) is 0 Å². The molecule has 0 heterocycles. The van der Waals surface area contributed by atoms with E-state index in [1.54, 1.807) is 0 Å². The van der Waals surface area contributed by atoms with E-state index in [1.807, 2.05) is 0 Å². The van der Waals surface area contributed by atoms with E-state index in [2.05, 4.69) is 22.5 Å². The van der Waals surface area contributed by atoms with Crippen LogP contribution in [0.2, 0.25) is 0 Å². The van der Waals surface area contributed by atoms with Gasteiger partial charge in [-0.05, 0) is 34.1 Å². The van der Waals surface area contributed by atoms with Crippen molar-refractivity contribution < 1.29 is 19.4 Å². The second kappa shape index (κ2) is 5.46. The molecule has 0 atom stereocenters. The van der Waals surface area contributed by atoms with Gasteiger partial charge in [-0.25, -0.2) is 9.59 Å². The minimum absolute atomic E-state index is 0.104. The maximum Gasteiger partial charge on any atom is 0.339 e. The second-order valence-electron chi connectivity index (χ2n) is 2.89. The largest absolute Gasteiger partial charge is 0.478 e. The van der Waals surface area contributed by atoms with E-state index in [0.717, 1.165) is 0 Å². The Labute approximate surface area is 101 Å². The average Bonchev–Trinajstić information content (AvgIpc) is 2.25. The van der Waals surface area contributed by atoms with Crippen molar-refractivity contribution in [2.24, 2.45) is 0 Å². The monoisotopic (exact) mass is 284 g/mol. The zero-order valence-electron chi connectivity index (χ0n) is 8.27. The number of carboxylic acids is 1. The number of hydrogen-bond acceptors (Lipinski definition) is 3. The van der Waals surface area contributed by atoms with Gasteiger partial charge in [-0.2, -0.15) is 0 Å². The van der Waals surface area contributed by atoms with Gasteiger partial charge >= 0.3 is 11.9 Å². The summed E-state index contributed by atoms with van der Waals surface area (Å²) in [6.45, 7) is 3.54. The Balaban J connectivity index is 2.94. The summed E-state index contributed by atoms with van der Waals surface area (Å²) in [6.07, 6.45) is 1.46. The zero-order chi connectivity index (χ0) is 12.1. The van der Waals surface area contributed by atoms with Crippen LogP contribution in [0.5, 0.6) is 0 Å². The third-order valence-corrected chi connectivity index (χ3v) is 2.42. The molecule has 0 saturated carbocycles. The molecule has 4 nitrogen and oxygen atoms in total. The van der Waals surface area contributed by atoms with Crippen LogP contribution in [0.15, 0.2) is 35.3 Å². The fraction of sp³-hybridized carbons (Fsp3) is 0.0909. The number of rotatable bonds is 4.